The molecule has 3 N–H and O–H groups in total. The molecule has 1 saturated heterocycles. The van der Waals surface area contributed by atoms with E-state index >= 15 is 0 Å². The van der Waals surface area contributed by atoms with Crippen LogP contribution >= 0.6 is 46.7 Å². The van der Waals surface area contributed by atoms with Crippen molar-refractivity contribution in [3.63, 3.8) is 0 Å². The van der Waals surface area contributed by atoms with E-state index in [0.717, 1.165) is 22.8 Å². The summed E-state index contributed by atoms with van der Waals surface area (Å²) in [4.78, 5) is 0. The normalized spacial score (nSPS) is 28.4. The molecule has 2 nitrogen and oxygen atoms in total. The van der Waals surface area contributed by atoms with Crippen LogP contribution in [0.4, 0.5) is 0 Å². The van der Waals surface area contributed by atoms with Gasteiger partial charge in [-0.1, -0.05) is 37.0 Å². The minimum absolute atomic E-state index is 0.207. The van der Waals surface area contributed by atoms with E-state index in [0.29, 0.717) is 20.8 Å². The number of hydrogen-bond acceptors (Lipinski definition) is 4. The smallest absolute Gasteiger partial charge is 0.0439 e. The lowest BCUT2D eigenvalue weighted by molar-refractivity contribution is 0.521. The van der Waals surface area contributed by atoms with Crippen LogP contribution in [0, 0.1) is 0 Å². The quantitative estimate of drug-likeness (QED) is 0.635. The number of halogens is 2. The van der Waals surface area contributed by atoms with Gasteiger partial charge in [0.05, 0.1) is 0 Å². The summed E-state index contributed by atoms with van der Waals surface area (Å²) in [6.45, 7) is 4.58. The van der Waals surface area contributed by atoms with Crippen molar-refractivity contribution in [3.8, 4) is 0 Å². The number of hydrogen-bond donors (Lipinski definition) is 2. The first-order valence-electron chi connectivity index (χ1n) is 6.68. The van der Waals surface area contributed by atoms with Crippen molar-refractivity contribution < 1.29 is 0 Å². The van der Waals surface area contributed by atoms with Gasteiger partial charge in [0.25, 0.3) is 0 Å². The molecule has 1 aromatic carbocycles. The molecule has 1 aliphatic rings. The van der Waals surface area contributed by atoms with Crippen molar-refractivity contribution in [2.75, 3.05) is 5.75 Å². The molecular formula is C14H20Cl2N2S2. The molecule has 0 radical (unpaired) electrons. The molecule has 1 aliphatic heterocycles. The van der Waals surface area contributed by atoms with Crippen molar-refractivity contribution in [3.05, 3.63) is 33.8 Å². The number of nitrogens with two attached hydrogens (primary N) is 1. The summed E-state index contributed by atoms with van der Waals surface area (Å²) < 4.78 is 0. The van der Waals surface area contributed by atoms with Crippen LogP contribution in [-0.4, -0.2) is 27.5 Å². The molecule has 112 valence electrons. The average molecular weight is 351 g/mol. The Balaban J connectivity index is 2.07. The monoisotopic (exact) mass is 350 g/mol. The molecule has 1 fully saturated rings. The first kappa shape index (κ1) is 16.8. The fourth-order valence-electron chi connectivity index (χ4n) is 2.25. The Morgan fingerprint density at radius 3 is 2.75 bits per heavy atom. The third-order valence-electron chi connectivity index (χ3n) is 3.68. The van der Waals surface area contributed by atoms with Crippen molar-refractivity contribution in [1.82, 2.24) is 5.43 Å². The molecule has 4 unspecified atom stereocenters. The van der Waals surface area contributed by atoms with Crippen LogP contribution in [0.15, 0.2) is 18.2 Å². The van der Waals surface area contributed by atoms with Crippen molar-refractivity contribution in [2.45, 2.75) is 42.1 Å². The Bertz CT molecular complexity index is 459. The molecule has 0 saturated carbocycles. The molecule has 6 heteroatoms. The Kier molecular flexibility index (Phi) is 6.39. The second kappa shape index (κ2) is 7.61. The fourth-order valence-corrected chi connectivity index (χ4v) is 5.75. The molecule has 4 atom stereocenters. The number of thioether (sulfide) groups is 2. The maximum absolute atomic E-state index is 6.25. The Hall–Kier alpha value is 0.420. The van der Waals surface area contributed by atoms with Crippen molar-refractivity contribution in [2.24, 2.45) is 5.84 Å². The van der Waals surface area contributed by atoms with Gasteiger partial charge in [-0.05, 0) is 30.2 Å². The Morgan fingerprint density at radius 2 is 2.10 bits per heavy atom. The van der Waals surface area contributed by atoms with Gasteiger partial charge in [0.15, 0.2) is 0 Å². The minimum Gasteiger partial charge on any atom is -0.271 e. The first-order chi connectivity index (χ1) is 9.51. The van der Waals surface area contributed by atoms with Gasteiger partial charge in [0, 0.05) is 37.6 Å². The fraction of sp³-hybridized carbons (Fsp3) is 0.571. The van der Waals surface area contributed by atoms with Crippen LogP contribution in [0.2, 0.25) is 10.0 Å². The van der Waals surface area contributed by atoms with Gasteiger partial charge >= 0.3 is 0 Å². The molecule has 0 spiro atoms. The summed E-state index contributed by atoms with van der Waals surface area (Å²) in [5.74, 6) is 6.89. The van der Waals surface area contributed by atoms with Gasteiger partial charge in [-0.25, -0.2) is 0 Å². The summed E-state index contributed by atoms with van der Waals surface area (Å²) >= 11 is 16.3. The predicted octanol–water partition coefficient (Wildman–Crippen LogP) is 3.99. The highest BCUT2D eigenvalue weighted by Crippen LogP contribution is 2.38. The summed E-state index contributed by atoms with van der Waals surface area (Å²) in [7, 11) is 0. The van der Waals surface area contributed by atoms with Gasteiger partial charge < -0.3 is 0 Å². The summed E-state index contributed by atoms with van der Waals surface area (Å²) in [6, 6.07) is 5.80. The average Bonchev–Trinajstić information content (AvgIpc) is 2.43. The van der Waals surface area contributed by atoms with Gasteiger partial charge in [-0.3, -0.25) is 11.3 Å². The van der Waals surface area contributed by atoms with E-state index in [1.165, 1.54) is 0 Å². The zero-order valence-electron chi connectivity index (χ0n) is 11.6. The number of nitrogens with one attached hydrogen (secondary N) is 1. The van der Waals surface area contributed by atoms with Crippen LogP contribution in [0.25, 0.3) is 0 Å². The van der Waals surface area contributed by atoms with E-state index in [-0.39, 0.29) is 6.04 Å². The molecule has 1 aromatic rings. The molecular weight excluding hydrogens is 331 g/mol. The highest BCUT2D eigenvalue weighted by molar-refractivity contribution is 8.07. The van der Waals surface area contributed by atoms with Crippen LogP contribution in [-0.2, 0) is 6.42 Å². The highest BCUT2D eigenvalue weighted by Gasteiger charge is 2.31. The van der Waals surface area contributed by atoms with E-state index in [1.807, 2.05) is 41.7 Å². The summed E-state index contributed by atoms with van der Waals surface area (Å²) in [5, 5.41) is 3.30. The van der Waals surface area contributed by atoms with Gasteiger partial charge in [-0.15, -0.1) is 0 Å². The lowest BCUT2D eigenvalue weighted by Crippen LogP contribution is -2.47. The van der Waals surface area contributed by atoms with Crippen molar-refractivity contribution in [1.29, 1.82) is 0 Å². The van der Waals surface area contributed by atoms with E-state index in [1.54, 1.807) is 0 Å². The van der Waals surface area contributed by atoms with Gasteiger partial charge in [0.1, 0.15) is 0 Å². The number of hydrazine groups is 1. The zero-order valence-corrected chi connectivity index (χ0v) is 14.8. The first-order valence-corrected chi connectivity index (χ1v) is 9.43. The highest BCUT2D eigenvalue weighted by atomic mass is 35.5. The topological polar surface area (TPSA) is 38.0 Å². The third-order valence-corrected chi connectivity index (χ3v) is 7.84. The number of rotatable bonds is 4. The SMILES string of the molecule is CC1SCC(C(Cc2cc(Cl)ccc2Cl)NN)SC1C. The summed E-state index contributed by atoms with van der Waals surface area (Å²) in [6.07, 6.45) is 0.801. The predicted molar refractivity (Wildman–Crippen MR) is 94.0 cm³/mol. The molecule has 1 heterocycles. The van der Waals surface area contributed by atoms with Crippen LogP contribution in [0.5, 0.6) is 0 Å². The second-order valence-electron chi connectivity index (χ2n) is 5.13. The van der Waals surface area contributed by atoms with Crippen LogP contribution in [0.3, 0.4) is 0 Å². The largest absolute Gasteiger partial charge is 0.271 e. The lowest BCUT2D eigenvalue weighted by Gasteiger charge is -2.35. The van der Waals surface area contributed by atoms with E-state index in [2.05, 4.69) is 19.3 Å². The number of benzene rings is 1. The minimum atomic E-state index is 0.207. The zero-order chi connectivity index (χ0) is 14.7. The van der Waals surface area contributed by atoms with E-state index in [4.69, 9.17) is 29.0 Å². The molecule has 0 aromatic heterocycles. The van der Waals surface area contributed by atoms with E-state index in [9.17, 15) is 0 Å². The molecule has 20 heavy (non-hydrogen) atoms. The molecule has 0 amide bonds. The Morgan fingerprint density at radius 1 is 1.35 bits per heavy atom. The maximum Gasteiger partial charge on any atom is 0.0439 e. The standard InChI is InChI=1S/C14H20Cl2N2S2/c1-8-9(2)20-14(7-19-8)13(18-17)6-10-5-11(15)3-4-12(10)16/h3-5,8-9,13-14,18H,6-7,17H2,1-2H3. The summed E-state index contributed by atoms with van der Waals surface area (Å²) in [5.41, 5.74) is 4.02. The lowest BCUT2D eigenvalue weighted by atomic mass is 10.0. The van der Waals surface area contributed by atoms with Crippen LogP contribution in [0.1, 0.15) is 19.4 Å². The van der Waals surface area contributed by atoms with Gasteiger partial charge in [-0.2, -0.15) is 23.5 Å². The van der Waals surface area contributed by atoms with Crippen molar-refractivity contribution >= 4 is 46.7 Å². The third kappa shape index (κ3) is 4.21. The Labute approximate surface area is 139 Å². The molecule has 0 bridgehead atoms. The van der Waals surface area contributed by atoms with Crippen LogP contribution < -0.4 is 11.3 Å². The molecule has 0 aliphatic carbocycles. The second-order valence-corrected chi connectivity index (χ2v) is 9.01. The van der Waals surface area contributed by atoms with E-state index < -0.39 is 0 Å². The molecule has 2 rings (SSSR count). The maximum atomic E-state index is 6.25. The van der Waals surface area contributed by atoms with Gasteiger partial charge in [0.2, 0.25) is 0 Å².